The summed E-state index contributed by atoms with van der Waals surface area (Å²) in [6.45, 7) is 10.1. The smallest absolute Gasteiger partial charge is 0.158 e. The van der Waals surface area contributed by atoms with E-state index in [1.54, 1.807) is 0 Å². The molecule has 124 valence electrons. The van der Waals surface area contributed by atoms with Gasteiger partial charge < -0.3 is 5.11 Å². The molecule has 1 aliphatic carbocycles. The first-order valence-electron chi connectivity index (χ1n) is 8.43. The van der Waals surface area contributed by atoms with Gasteiger partial charge in [0, 0.05) is 6.42 Å². The molecule has 0 unspecified atom stereocenters. The van der Waals surface area contributed by atoms with Crippen LogP contribution in [0.5, 0.6) is 0 Å². The van der Waals surface area contributed by atoms with E-state index in [9.17, 15) is 9.90 Å². The minimum absolute atomic E-state index is 0.0584. The molecular formula is C20H32O2. The highest BCUT2D eigenvalue weighted by atomic mass is 16.3. The molecule has 1 N–H and O–H groups in total. The number of hydrogen-bond acceptors (Lipinski definition) is 2. The summed E-state index contributed by atoms with van der Waals surface area (Å²) in [4.78, 5) is 11.8. The topological polar surface area (TPSA) is 37.3 Å². The standard InChI is InChI=1S/C20H32O2/c1-15(2)8-6-9-16(3)10-7-13-20(5,22)18-12-11-17(4)19(21)14-18/h8,10-11,18,22H,6-7,9,12-14H2,1-5H3/b16-10+/t18-,20-/m1/s1. The molecule has 0 radical (unpaired) electrons. The van der Waals surface area contributed by atoms with Gasteiger partial charge in [0.25, 0.3) is 0 Å². The SMILES string of the molecule is CC(C)=CCC/C(C)=C/CC[C@@](C)(O)[C@@H]1CC=C(C)C(=O)C1. The largest absolute Gasteiger partial charge is 0.390 e. The van der Waals surface area contributed by atoms with Gasteiger partial charge in [-0.3, -0.25) is 4.79 Å². The minimum Gasteiger partial charge on any atom is -0.390 e. The number of ketones is 1. The first-order chi connectivity index (χ1) is 10.2. The number of carbonyl (C=O) groups excluding carboxylic acids is 1. The Kier molecular flexibility index (Phi) is 7.28. The van der Waals surface area contributed by atoms with Crippen LogP contribution in [-0.4, -0.2) is 16.5 Å². The van der Waals surface area contributed by atoms with Gasteiger partial charge in [-0.05, 0) is 78.2 Å². The number of allylic oxidation sites excluding steroid dienone is 6. The molecule has 2 atom stereocenters. The quantitative estimate of drug-likeness (QED) is 0.662. The van der Waals surface area contributed by atoms with Crippen molar-refractivity contribution < 1.29 is 9.90 Å². The summed E-state index contributed by atoms with van der Waals surface area (Å²) in [5, 5.41) is 10.7. The molecule has 0 aliphatic heterocycles. The van der Waals surface area contributed by atoms with E-state index in [2.05, 4.69) is 32.9 Å². The summed E-state index contributed by atoms with van der Waals surface area (Å²) in [5.74, 6) is 0.244. The normalized spacial score (nSPS) is 22.1. The molecule has 2 heteroatoms. The third kappa shape index (κ3) is 6.31. The van der Waals surface area contributed by atoms with Gasteiger partial charge in [0.1, 0.15) is 0 Å². The van der Waals surface area contributed by atoms with Gasteiger partial charge in [-0.15, -0.1) is 0 Å². The molecule has 0 heterocycles. The predicted molar refractivity (Wildman–Crippen MR) is 93.8 cm³/mol. The molecule has 0 amide bonds. The Morgan fingerprint density at radius 2 is 2.00 bits per heavy atom. The van der Waals surface area contributed by atoms with Crippen molar-refractivity contribution in [2.45, 2.75) is 78.7 Å². The van der Waals surface area contributed by atoms with Gasteiger partial charge in [-0.25, -0.2) is 0 Å². The average molecular weight is 304 g/mol. The van der Waals surface area contributed by atoms with E-state index in [4.69, 9.17) is 0 Å². The first-order valence-corrected chi connectivity index (χ1v) is 8.43. The van der Waals surface area contributed by atoms with Crippen molar-refractivity contribution in [3.8, 4) is 0 Å². The van der Waals surface area contributed by atoms with Crippen LogP contribution in [0.2, 0.25) is 0 Å². The third-order valence-corrected chi connectivity index (χ3v) is 4.69. The maximum absolute atomic E-state index is 11.8. The van der Waals surface area contributed by atoms with Crippen LogP contribution in [0.1, 0.15) is 73.1 Å². The highest BCUT2D eigenvalue weighted by Gasteiger charge is 2.34. The van der Waals surface area contributed by atoms with Crippen LogP contribution in [0.15, 0.2) is 34.9 Å². The van der Waals surface area contributed by atoms with Crippen molar-refractivity contribution in [3.63, 3.8) is 0 Å². The van der Waals surface area contributed by atoms with Crippen LogP contribution < -0.4 is 0 Å². The zero-order valence-corrected chi connectivity index (χ0v) is 14.9. The molecule has 0 bridgehead atoms. The molecule has 0 fully saturated rings. The molecule has 0 aromatic carbocycles. The van der Waals surface area contributed by atoms with Gasteiger partial charge >= 0.3 is 0 Å². The zero-order valence-electron chi connectivity index (χ0n) is 14.9. The van der Waals surface area contributed by atoms with Crippen molar-refractivity contribution in [2.75, 3.05) is 0 Å². The summed E-state index contributed by atoms with van der Waals surface area (Å²) < 4.78 is 0. The number of rotatable bonds is 7. The van der Waals surface area contributed by atoms with Crippen molar-refractivity contribution >= 4 is 5.78 Å². The highest BCUT2D eigenvalue weighted by Crippen LogP contribution is 2.33. The van der Waals surface area contributed by atoms with Crippen LogP contribution in [0.3, 0.4) is 0 Å². The van der Waals surface area contributed by atoms with E-state index < -0.39 is 5.60 Å². The Balaban J connectivity index is 2.45. The maximum Gasteiger partial charge on any atom is 0.158 e. The highest BCUT2D eigenvalue weighted by molar-refractivity contribution is 5.95. The Hall–Kier alpha value is -1.15. The van der Waals surface area contributed by atoms with Crippen LogP contribution in [0.25, 0.3) is 0 Å². The second-order valence-corrected chi connectivity index (χ2v) is 7.21. The Morgan fingerprint density at radius 3 is 2.59 bits per heavy atom. The van der Waals surface area contributed by atoms with E-state index in [1.807, 2.05) is 19.9 Å². The van der Waals surface area contributed by atoms with Gasteiger partial charge in [0.05, 0.1) is 5.60 Å². The molecule has 0 aromatic rings. The molecule has 2 nitrogen and oxygen atoms in total. The Morgan fingerprint density at radius 1 is 1.32 bits per heavy atom. The molecule has 22 heavy (non-hydrogen) atoms. The molecule has 0 saturated heterocycles. The van der Waals surface area contributed by atoms with Gasteiger partial charge in [-0.1, -0.05) is 29.4 Å². The van der Waals surface area contributed by atoms with E-state index >= 15 is 0 Å². The van der Waals surface area contributed by atoms with Gasteiger partial charge in [-0.2, -0.15) is 0 Å². The lowest BCUT2D eigenvalue weighted by molar-refractivity contribution is -0.119. The summed E-state index contributed by atoms with van der Waals surface area (Å²) in [6.07, 6.45) is 11.5. The van der Waals surface area contributed by atoms with Crippen LogP contribution >= 0.6 is 0 Å². The number of hydrogen-bond donors (Lipinski definition) is 1. The number of carbonyl (C=O) groups is 1. The monoisotopic (exact) mass is 304 g/mol. The van der Waals surface area contributed by atoms with Crippen molar-refractivity contribution in [2.24, 2.45) is 5.92 Å². The number of Topliss-reactive ketones (excluding diaryl/α,β-unsaturated/α-hetero) is 1. The Labute approximate surface area is 136 Å². The lowest BCUT2D eigenvalue weighted by atomic mass is 9.76. The third-order valence-electron chi connectivity index (χ3n) is 4.69. The van der Waals surface area contributed by atoms with E-state index in [0.29, 0.717) is 6.42 Å². The van der Waals surface area contributed by atoms with Crippen LogP contribution in [0, 0.1) is 5.92 Å². The molecule has 1 aliphatic rings. The van der Waals surface area contributed by atoms with Crippen molar-refractivity contribution in [1.29, 1.82) is 0 Å². The fraction of sp³-hybridized carbons (Fsp3) is 0.650. The van der Waals surface area contributed by atoms with Crippen molar-refractivity contribution in [3.05, 3.63) is 34.9 Å². The van der Waals surface area contributed by atoms with Crippen molar-refractivity contribution in [1.82, 2.24) is 0 Å². The summed E-state index contributed by atoms with van der Waals surface area (Å²) in [6, 6.07) is 0. The summed E-state index contributed by atoms with van der Waals surface area (Å²) in [7, 11) is 0. The minimum atomic E-state index is -0.760. The van der Waals surface area contributed by atoms with E-state index in [0.717, 1.165) is 37.7 Å². The maximum atomic E-state index is 11.8. The zero-order chi connectivity index (χ0) is 16.8. The average Bonchev–Trinajstić information content (AvgIpc) is 2.41. The summed E-state index contributed by atoms with van der Waals surface area (Å²) in [5.41, 5.74) is 2.83. The van der Waals surface area contributed by atoms with E-state index in [-0.39, 0.29) is 11.7 Å². The second-order valence-electron chi connectivity index (χ2n) is 7.21. The summed E-state index contributed by atoms with van der Waals surface area (Å²) >= 11 is 0. The fourth-order valence-electron chi connectivity index (χ4n) is 2.88. The van der Waals surface area contributed by atoms with E-state index in [1.165, 1.54) is 11.1 Å². The first kappa shape index (κ1) is 18.9. The Bertz CT molecular complexity index is 474. The molecular weight excluding hydrogens is 272 g/mol. The molecule has 1 rings (SSSR count). The number of aliphatic hydroxyl groups is 1. The lowest BCUT2D eigenvalue weighted by Gasteiger charge is -2.34. The molecule has 0 aromatic heterocycles. The van der Waals surface area contributed by atoms with Gasteiger partial charge in [0.15, 0.2) is 5.78 Å². The second kappa shape index (κ2) is 8.47. The fourth-order valence-corrected chi connectivity index (χ4v) is 2.88. The lowest BCUT2D eigenvalue weighted by Crippen LogP contribution is -2.37. The predicted octanol–water partition coefficient (Wildman–Crippen LogP) is 5.14. The van der Waals surface area contributed by atoms with Gasteiger partial charge in [0.2, 0.25) is 0 Å². The molecule has 0 saturated carbocycles. The van der Waals surface area contributed by atoms with Crippen LogP contribution in [0.4, 0.5) is 0 Å². The molecule has 0 spiro atoms. The van der Waals surface area contributed by atoms with Crippen LogP contribution in [-0.2, 0) is 4.79 Å².